The Hall–Kier alpha value is -1.23. The van der Waals surface area contributed by atoms with Gasteiger partial charge in [-0.15, -0.1) is 22.7 Å². The predicted octanol–water partition coefficient (Wildman–Crippen LogP) is 4.30. The molecule has 0 radical (unpaired) electrons. The molecule has 3 aromatic rings. The summed E-state index contributed by atoms with van der Waals surface area (Å²) in [5.41, 5.74) is 7.07. The second-order valence-corrected chi connectivity index (χ2v) is 6.67. The molecule has 1 atom stereocenters. The van der Waals surface area contributed by atoms with Crippen LogP contribution in [0.15, 0.2) is 35.7 Å². The highest BCUT2D eigenvalue weighted by atomic mass is 32.1. The molecule has 0 saturated carbocycles. The lowest BCUT2D eigenvalue weighted by Gasteiger charge is -2.04. The number of benzene rings is 1. The summed E-state index contributed by atoms with van der Waals surface area (Å²) >= 11 is 3.51. The predicted molar refractivity (Wildman–Crippen MR) is 84.9 cm³/mol. The summed E-state index contributed by atoms with van der Waals surface area (Å²) in [6.07, 6.45) is 1.88. The Labute approximate surface area is 120 Å². The molecule has 98 valence electrons. The van der Waals surface area contributed by atoms with Crippen molar-refractivity contribution in [3.8, 4) is 10.6 Å². The fraction of sp³-hybridized carbons (Fsp3) is 0.267. The van der Waals surface area contributed by atoms with Crippen LogP contribution in [0.5, 0.6) is 0 Å². The van der Waals surface area contributed by atoms with Crippen LogP contribution >= 0.6 is 22.7 Å². The van der Waals surface area contributed by atoms with Crippen LogP contribution in [0.1, 0.15) is 18.4 Å². The minimum Gasteiger partial charge on any atom is -0.327 e. The molecule has 1 aromatic carbocycles. The summed E-state index contributed by atoms with van der Waals surface area (Å²) in [6.45, 7) is 2.12. The average Bonchev–Trinajstić information content (AvgIpc) is 3.04. The van der Waals surface area contributed by atoms with Crippen LogP contribution in [0.2, 0.25) is 0 Å². The van der Waals surface area contributed by atoms with Crippen molar-refractivity contribution in [1.82, 2.24) is 4.98 Å². The Kier molecular flexibility index (Phi) is 3.64. The van der Waals surface area contributed by atoms with E-state index in [1.165, 1.54) is 15.0 Å². The minimum absolute atomic E-state index is 0.224. The first-order chi connectivity index (χ1) is 9.26. The number of thiazole rings is 1. The first kappa shape index (κ1) is 12.8. The van der Waals surface area contributed by atoms with Gasteiger partial charge in [0.25, 0.3) is 0 Å². The number of rotatable bonds is 4. The molecule has 0 bridgehead atoms. The molecule has 0 aliphatic rings. The zero-order valence-corrected chi connectivity index (χ0v) is 12.4. The molecule has 0 saturated heterocycles. The molecule has 0 amide bonds. The maximum absolute atomic E-state index is 5.98. The molecule has 0 aliphatic carbocycles. The number of nitrogens with two attached hydrogens (primary N) is 1. The van der Waals surface area contributed by atoms with Gasteiger partial charge in [0.1, 0.15) is 0 Å². The molecular weight excluding hydrogens is 272 g/mol. The van der Waals surface area contributed by atoms with Gasteiger partial charge in [0, 0.05) is 22.5 Å². The Morgan fingerprint density at radius 2 is 2.16 bits per heavy atom. The standard InChI is InChI=1S/C15H16N2S2/c1-2-11(16)8-15-17-12(9-18-15)14-7-10-5-3-4-6-13(10)19-14/h3-7,9,11H,2,8,16H2,1H3. The maximum Gasteiger partial charge on any atom is 0.0948 e. The van der Waals surface area contributed by atoms with E-state index in [9.17, 15) is 0 Å². The second kappa shape index (κ2) is 5.41. The van der Waals surface area contributed by atoms with Crippen LogP contribution in [0, 0.1) is 0 Å². The van der Waals surface area contributed by atoms with E-state index in [0.29, 0.717) is 0 Å². The number of hydrogen-bond acceptors (Lipinski definition) is 4. The molecule has 3 rings (SSSR count). The van der Waals surface area contributed by atoms with Gasteiger partial charge in [0.2, 0.25) is 0 Å². The van der Waals surface area contributed by atoms with Crippen LogP contribution in [-0.4, -0.2) is 11.0 Å². The van der Waals surface area contributed by atoms with Gasteiger partial charge in [-0.05, 0) is 23.9 Å². The van der Waals surface area contributed by atoms with Crippen molar-refractivity contribution in [3.05, 3.63) is 40.7 Å². The molecule has 2 nitrogen and oxygen atoms in total. The molecular formula is C15H16N2S2. The lowest BCUT2D eigenvalue weighted by molar-refractivity contribution is 0.644. The van der Waals surface area contributed by atoms with E-state index in [2.05, 4.69) is 42.6 Å². The van der Waals surface area contributed by atoms with Crippen molar-refractivity contribution >= 4 is 32.8 Å². The van der Waals surface area contributed by atoms with Gasteiger partial charge in [0.15, 0.2) is 0 Å². The third kappa shape index (κ3) is 2.71. The zero-order chi connectivity index (χ0) is 13.2. The Morgan fingerprint density at radius 3 is 2.95 bits per heavy atom. The lowest BCUT2D eigenvalue weighted by Crippen LogP contribution is -2.21. The van der Waals surface area contributed by atoms with Crippen LogP contribution in [0.3, 0.4) is 0 Å². The molecule has 2 aromatic heterocycles. The molecule has 0 spiro atoms. The smallest absolute Gasteiger partial charge is 0.0948 e. The highest BCUT2D eigenvalue weighted by Crippen LogP contribution is 2.33. The van der Waals surface area contributed by atoms with Crippen molar-refractivity contribution in [2.75, 3.05) is 0 Å². The van der Waals surface area contributed by atoms with Crippen molar-refractivity contribution in [2.24, 2.45) is 5.73 Å². The minimum atomic E-state index is 0.224. The SMILES string of the molecule is CCC(N)Cc1nc(-c2cc3ccccc3s2)cs1. The molecule has 0 fully saturated rings. The van der Waals surface area contributed by atoms with E-state index in [0.717, 1.165) is 23.5 Å². The van der Waals surface area contributed by atoms with Gasteiger partial charge < -0.3 is 5.73 Å². The van der Waals surface area contributed by atoms with Gasteiger partial charge in [-0.2, -0.15) is 0 Å². The van der Waals surface area contributed by atoms with Gasteiger partial charge >= 0.3 is 0 Å². The molecule has 19 heavy (non-hydrogen) atoms. The first-order valence-corrected chi connectivity index (χ1v) is 8.15. The van der Waals surface area contributed by atoms with Crippen LogP contribution in [0.25, 0.3) is 20.7 Å². The Balaban J connectivity index is 1.89. The highest BCUT2D eigenvalue weighted by Gasteiger charge is 2.10. The maximum atomic E-state index is 5.98. The molecule has 2 heterocycles. The van der Waals surface area contributed by atoms with Gasteiger partial charge in [-0.25, -0.2) is 4.98 Å². The van der Waals surface area contributed by atoms with Crippen molar-refractivity contribution < 1.29 is 0 Å². The van der Waals surface area contributed by atoms with Crippen molar-refractivity contribution in [3.63, 3.8) is 0 Å². The normalized spacial score (nSPS) is 12.9. The fourth-order valence-electron chi connectivity index (χ4n) is 1.99. The van der Waals surface area contributed by atoms with Crippen molar-refractivity contribution in [1.29, 1.82) is 0 Å². The number of hydrogen-bond donors (Lipinski definition) is 1. The van der Waals surface area contributed by atoms with E-state index in [1.54, 1.807) is 22.7 Å². The monoisotopic (exact) mass is 288 g/mol. The number of thiophene rings is 1. The Morgan fingerprint density at radius 1 is 1.32 bits per heavy atom. The van der Waals surface area contributed by atoms with Crippen molar-refractivity contribution in [2.45, 2.75) is 25.8 Å². The highest BCUT2D eigenvalue weighted by molar-refractivity contribution is 7.22. The van der Waals surface area contributed by atoms with Gasteiger partial charge in [-0.1, -0.05) is 25.1 Å². The van der Waals surface area contributed by atoms with Crippen LogP contribution < -0.4 is 5.73 Å². The first-order valence-electron chi connectivity index (χ1n) is 6.45. The molecule has 1 unspecified atom stereocenters. The van der Waals surface area contributed by atoms with E-state index in [1.807, 2.05) is 0 Å². The quantitative estimate of drug-likeness (QED) is 0.777. The van der Waals surface area contributed by atoms with E-state index >= 15 is 0 Å². The third-order valence-electron chi connectivity index (χ3n) is 3.19. The van der Waals surface area contributed by atoms with E-state index in [4.69, 9.17) is 10.7 Å². The number of fused-ring (bicyclic) bond motifs is 1. The van der Waals surface area contributed by atoms with Gasteiger partial charge in [0.05, 0.1) is 15.6 Å². The summed E-state index contributed by atoms with van der Waals surface area (Å²) in [5, 5.41) is 4.58. The summed E-state index contributed by atoms with van der Waals surface area (Å²) in [6, 6.07) is 10.9. The summed E-state index contributed by atoms with van der Waals surface area (Å²) in [5.74, 6) is 0. The molecule has 2 N–H and O–H groups in total. The molecule has 4 heteroatoms. The zero-order valence-electron chi connectivity index (χ0n) is 10.8. The number of nitrogens with zero attached hydrogens (tertiary/aromatic N) is 1. The summed E-state index contributed by atoms with van der Waals surface area (Å²) in [4.78, 5) is 5.96. The van der Waals surface area contributed by atoms with Gasteiger partial charge in [-0.3, -0.25) is 0 Å². The molecule has 0 aliphatic heterocycles. The second-order valence-electron chi connectivity index (χ2n) is 4.65. The largest absolute Gasteiger partial charge is 0.327 e. The van der Waals surface area contributed by atoms with Crippen LogP contribution in [-0.2, 0) is 6.42 Å². The van der Waals surface area contributed by atoms with Crippen LogP contribution in [0.4, 0.5) is 0 Å². The number of aromatic nitrogens is 1. The topological polar surface area (TPSA) is 38.9 Å². The van der Waals surface area contributed by atoms with E-state index < -0.39 is 0 Å². The summed E-state index contributed by atoms with van der Waals surface area (Å²) < 4.78 is 1.32. The average molecular weight is 288 g/mol. The van der Waals surface area contributed by atoms with E-state index in [-0.39, 0.29) is 6.04 Å². The summed E-state index contributed by atoms with van der Waals surface area (Å²) in [7, 11) is 0. The lowest BCUT2D eigenvalue weighted by atomic mass is 10.2. The third-order valence-corrected chi connectivity index (χ3v) is 5.20. The fourth-order valence-corrected chi connectivity index (χ4v) is 3.98. The Bertz CT molecular complexity index is 651.